The molecule has 9 nitrogen and oxygen atoms in total. The molecule has 0 saturated carbocycles. The molecule has 0 saturated heterocycles. The van der Waals surface area contributed by atoms with E-state index in [1.807, 2.05) is 73.7 Å². The second-order valence-electron chi connectivity index (χ2n) is 23.3. The molecule has 0 amide bonds. The molecule has 10 aromatic carbocycles. The van der Waals surface area contributed by atoms with Crippen LogP contribution in [0, 0.1) is 6.92 Å². The van der Waals surface area contributed by atoms with Crippen molar-refractivity contribution in [1.82, 2.24) is 0 Å². The van der Waals surface area contributed by atoms with Crippen molar-refractivity contribution in [2.45, 2.75) is 108 Å². The molecular formula is C77H69Cl2F9O9S3. The van der Waals surface area contributed by atoms with Gasteiger partial charge in [0.05, 0.1) is 0 Å². The molecule has 0 atom stereocenters. The Morgan fingerprint density at radius 3 is 0.800 bits per heavy atom. The second-order valence-corrected chi connectivity index (χ2v) is 28.7. The highest BCUT2D eigenvalue weighted by Crippen LogP contribution is 2.39. The second kappa shape index (κ2) is 33.7. The molecule has 0 aromatic heterocycles. The maximum Gasteiger partial charge on any atom is 0.534 e. The van der Waals surface area contributed by atoms with Crippen molar-refractivity contribution in [1.29, 1.82) is 0 Å². The van der Waals surface area contributed by atoms with Gasteiger partial charge in [0.2, 0.25) is 0 Å². The summed E-state index contributed by atoms with van der Waals surface area (Å²) in [6, 6.07) is 66.5. The number of hydrogen-bond acceptors (Lipinski definition) is 9. The summed E-state index contributed by atoms with van der Waals surface area (Å²) in [6.45, 7) is 8.47. The van der Waals surface area contributed by atoms with Crippen LogP contribution in [-0.4, -0.2) is 41.8 Å². The van der Waals surface area contributed by atoms with E-state index in [0.717, 1.165) is 111 Å². The molecule has 10 rings (SSSR count). The van der Waals surface area contributed by atoms with Gasteiger partial charge < -0.3 is 12.5 Å². The number of aryl methyl sites for hydroxylation is 4. The van der Waals surface area contributed by atoms with Gasteiger partial charge in [0.25, 0.3) is 0 Å². The Morgan fingerprint density at radius 2 is 0.530 bits per heavy atom. The van der Waals surface area contributed by atoms with Gasteiger partial charge in [-0.05, 0) is 177 Å². The number of benzene rings is 10. The Hall–Kier alpha value is -8.60. The van der Waals surface area contributed by atoms with Crippen LogP contribution in [0.1, 0.15) is 88.0 Å². The molecule has 526 valence electrons. The van der Waals surface area contributed by atoms with Crippen LogP contribution in [0.3, 0.4) is 0 Å². The van der Waals surface area contributed by atoms with Crippen molar-refractivity contribution in [2.24, 2.45) is 0 Å². The van der Waals surface area contributed by atoms with Gasteiger partial charge in [-0.25, -0.2) is 0 Å². The van der Waals surface area contributed by atoms with Crippen LogP contribution >= 0.6 is 23.2 Å². The van der Waals surface area contributed by atoms with Crippen molar-refractivity contribution in [3.63, 3.8) is 0 Å². The minimum absolute atomic E-state index is 0.391. The maximum atomic E-state index is 12.5. The molecule has 0 radical (unpaired) electrons. The van der Waals surface area contributed by atoms with Gasteiger partial charge in [0.15, 0.2) is 0 Å². The molecule has 0 aliphatic carbocycles. The van der Waals surface area contributed by atoms with E-state index in [9.17, 15) is 64.8 Å². The summed E-state index contributed by atoms with van der Waals surface area (Å²) >= 11 is 13.0. The molecule has 0 bridgehead atoms. The average molecular weight is 1480 g/mol. The van der Waals surface area contributed by atoms with Crippen LogP contribution in [0.25, 0.3) is 77.9 Å². The molecule has 0 unspecified atom stereocenters. The van der Waals surface area contributed by atoms with Gasteiger partial charge in [0.1, 0.15) is 17.2 Å². The zero-order valence-electron chi connectivity index (χ0n) is 54.5. The minimum atomic E-state index is -5.73. The predicted octanol–water partition coefficient (Wildman–Crippen LogP) is 23.4. The third-order valence-electron chi connectivity index (χ3n) is 15.9. The highest BCUT2D eigenvalue weighted by molar-refractivity contribution is 7.88. The molecule has 10 aromatic rings. The molecule has 0 spiro atoms. The molecular weight excluding hydrogens is 1410 g/mol. The van der Waals surface area contributed by atoms with Crippen molar-refractivity contribution in [3.05, 3.63) is 257 Å². The third-order valence-corrected chi connectivity index (χ3v) is 19.4. The van der Waals surface area contributed by atoms with E-state index in [1.165, 1.54) is 104 Å². The fourth-order valence-electron chi connectivity index (χ4n) is 10.5. The summed E-state index contributed by atoms with van der Waals surface area (Å²) in [5.41, 5.74) is 0.943. The van der Waals surface area contributed by atoms with E-state index in [4.69, 9.17) is 23.2 Å². The number of alkyl halides is 9. The van der Waals surface area contributed by atoms with Crippen molar-refractivity contribution in [3.8, 4) is 95.1 Å². The Labute approximate surface area is 587 Å². The van der Waals surface area contributed by atoms with Gasteiger partial charge in [-0.2, -0.15) is 64.8 Å². The zero-order chi connectivity index (χ0) is 72.6. The highest BCUT2D eigenvalue weighted by Gasteiger charge is 2.50. The first-order chi connectivity index (χ1) is 47.3. The lowest BCUT2D eigenvalue weighted by Crippen LogP contribution is -2.28. The highest BCUT2D eigenvalue weighted by atomic mass is 35.5. The first kappa shape index (κ1) is 77.1. The smallest absolute Gasteiger partial charge is 0.376 e. The number of hydrogen-bond donors (Lipinski definition) is 0. The largest absolute Gasteiger partial charge is 0.534 e. The Bertz CT molecular complexity index is 4710. The number of rotatable bonds is 23. The summed E-state index contributed by atoms with van der Waals surface area (Å²) < 4.78 is 192. The quantitative estimate of drug-likeness (QED) is 0.0266. The van der Waals surface area contributed by atoms with Crippen LogP contribution in [-0.2, 0) is 49.6 Å². The number of halogens is 11. The summed E-state index contributed by atoms with van der Waals surface area (Å²) in [6.07, 6.45) is 11.5. The van der Waals surface area contributed by atoms with E-state index in [-0.39, 0.29) is 0 Å². The van der Waals surface area contributed by atoms with E-state index in [2.05, 4.69) is 118 Å². The van der Waals surface area contributed by atoms with Gasteiger partial charge in [-0.3, -0.25) is 0 Å². The van der Waals surface area contributed by atoms with E-state index < -0.39 is 64.1 Å². The van der Waals surface area contributed by atoms with E-state index in [0.29, 0.717) is 32.3 Å². The number of unbranched alkanes of at least 4 members (excludes halogenated alkanes) is 4. The Balaban J connectivity index is 0.000000192. The van der Waals surface area contributed by atoms with Crippen LogP contribution in [0.2, 0.25) is 10.0 Å². The summed E-state index contributed by atoms with van der Waals surface area (Å²) in [4.78, 5) is 0. The zero-order valence-corrected chi connectivity index (χ0v) is 58.5. The predicted molar refractivity (Wildman–Crippen MR) is 379 cm³/mol. The molecule has 23 heteroatoms. The third kappa shape index (κ3) is 20.8. The fourth-order valence-corrected chi connectivity index (χ4v) is 12.5. The molecule has 0 aliphatic heterocycles. The van der Waals surface area contributed by atoms with Crippen LogP contribution in [0.5, 0.6) is 17.2 Å². The molecule has 0 heterocycles. The monoisotopic (exact) mass is 1470 g/mol. The summed E-state index contributed by atoms with van der Waals surface area (Å²) in [5, 5.41) is 0.910. The van der Waals surface area contributed by atoms with E-state index in [1.54, 1.807) is 0 Å². The normalized spacial score (nSPS) is 12.0. The molecule has 0 N–H and O–H groups in total. The molecule has 100 heavy (non-hydrogen) atoms. The minimum Gasteiger partial charge on any atom is -0.376 e. The van der Waals surface area contributed by atoms with Crippen molar-refractivity contribution < 1.29 is 77.3 Å². The van der Waals surface area contributed by atoms with Crippen LogP contribution in [0.4, 0.5) is 39.5 Å². The standard InChI is InChI=1S/C30H26ClF3O3S.C24H22ClF3O3S.C23H21F3O3S/c1-2-3-4-5-21-6-8-22(9-7-21)23-10-12-24(13-11-23)26-16-19-28(29(31)20-26)25-14-17-27(18-15-25)37-38(35,36)30(32,33)34;1-2-3-4-5-17-6-8-18(9-7-17)20-12-15-22(23(25)16-20)19-10-13-21(14-11-19)31-32(29,30)24(26,27)28;1-3-4-17-5-7-18(8-6-17)20-11-14-22(16(2)15-20)19-9-12-21(13-10-19)29-30(27,28)23(24,25)26/h6-20H,2-5H2,1H3;6-16H,2-5H2,1H3;5-15H,3-4H2,1-2H3. The lowest BCUT2D eigenvalue weighted by atomic mass is 9.95. The van der Waals surface area contributed by atoms with Crippen molar-refractivity contribution in [2.75, 3.05) is 0 Å². The maximum absolute atomic E-state index is 12.5. The molecule has 0 fully saturated rings. The summed E-state index contributed by atoms with van der Waals surface area (Å²) in [7, 11) is -17.1. The van der Waals surface area contributed by atoms with Gasteiger partial charge in [-0.1, -0.05) is 252 Å². The van der Waals surface area contributed by atoms with Crippen molar-refractivity contribution >= 4 is 53.6 Å². The fraction of sp³-hybridized carbons (Fsp3) is 0.221. The Morgan fingerprint density at radius 1 is 0.290 bits per heavy atom. The topological polar surface area (TPSA) is 130 Å². The average Bonchev–Trinajstić information content (AvgIpc) is 0.819. The molecule has 0 aliphatic rings. The van der Waals surface area contributed by atoms with Crippen LogP contribution < -0.4 is 12.5 Å². The lowest BCUT2D eigenvalue weighted by molar-refractivity contribution is -0.0504. The Kier molecular flexibility index (Phi) is 26.0. The first-order valence-corrected chi connectivity index (χ1v) is 36.7. The summed E-state index contributed by atoms with van der Waals surface area (Å²) in [5.74, 6) is -1.26. The van der Waals surface area contributed by atoms with E-state index >= 15 is 0 Å². The lowest BCUT2D eigenvalue weighted by Gasteiger charge is -2.12. The first-order valence-electron chi connectivity index (χ1n) is 31.7. The van der Waals surface area contributed by atoms with Gasteiger partial charge in [-0.15, -0.1) is 0 Å². The van der Waals surface area contributed by atoms with Crippen LogP contribution in [0.15, 0.2) is 224 Å². The SMILES string of the molecule is CCCCCc1ccc(-c2ccc(-c3ccc(-c4ccc(OS(=O)(=O)C(F)(F)F)cc4)c(Cl)c3)cc2)cc1.CCCCCc1ccc(-c2ccc(-c3ccc(OS(=O)(=O)C(F)(F)F)cc3)c(Cl)c2)cc1.CCCc1ccc(-c2ccc(-c3ccc(OS(=O)(=O)C(F)(F)F)cc3)c(C)c2)cc1. The van der Waals surface area contributed by atoms with Gasteiger partial charge in [0, 0.05) is 21.2 Å². The van der Waals surface area contributed by atoms with Gasteiger partial charge >= 0.3 is 46.9 Å².